The molecule has 0 aromatic carbocycles. The second kappa shape index (κ2) is 6.68. The minimum absolute atomic E-state index is 0.231. The zero-order chi connectivity index (χ0) is 12.8. The highest BCUT2D eigenvalue weighted by molar-refractivity contribution is 9.10. The largest absolute Gasteiger partial charge is 0.385 e. The number of aromatic nitrogens is 1. The van der Waals surface area contributed by atoms with Crippen molar-refractivity contribution < 1.29 is 9.53 Å². The molecule has 0 saturated carbocycles. The molecule has 1 aromatic rings. The monoisotopic (exact) mass is 301 g/mol. The minimum atomic E-state index is -0.570. The summed E-state index contributed by atoms with van der Waals surface area (Å²) in [7, 11) is 1.58. The summed E-state index contributed by atoms with van der Waals surface area (Å²) < 4.78 is 5.63. The number of carbonyl (C=O) groups is 1. The van der Waals surface area contributed by atoms with Crippen molar-refractivity contribution in [1.82, 2.24) is 4.98 Å². The standard InChI is InChI=1S/C11H16BrN3O2/c1-7-5-8(6-14-10(7)12)15-11(16)9(13)3-4-17-2/h5-6,9H,3-4,13H2,1-2H3,(H,15,16). The number of rotatable bonds is 5. The molecule has 1 rings (SSSR count). The summed E-state index contributed by atoms with van der Waals surface area (Å²) >= 11 is 3.29. The van der Waals surface area contributed by atoms with Crippen LogP contribution >= 0.6 is 15.9 Å². The predicted molar refractivity (Wildman–Crippen MR) is 69.8 cm³/mol. The zero-order valence-electron chi connectivity index (χ0n) is 9.87. The van der Waals surface area contributed by atoms with Crippen LogP contribution in [0.2, 0.25) is 0 Å². The van der Waals surface area contributed by atoms with E-state index in [2.05, 4.69) is 26.2 Å². The van der Waals surface area contributed by atoms with Crippen LogP contribution in [0.5, 0.6) is 0 Å². The lowest BCUT2D eigenvalue weighted by Crippen LogP contribution is -2.36. The van der Waals surface area contributed by atoms with Crippen LogP contribution in [0, 0.1) is 6.92 Å². The van der Waals surface area contributed by atoms with E-state index in [4.69, 9.17) is 10.5 Å². The average molecular weight is 302 g/mol. The van der Waals surface area contributed by atoms with Gasteiger partial charge >= 0.3 is 0 Å². The van der Waals surface area contributed by atoms with Gasteiger partial charge in [-0.2, -0.15) is 0 Å². The Bertz CT molecular complexity index is 398. The van der Waals surface area contributed by atoms with Crippen molar-refractivity contribution in [2.75, 3.05) is 19.0 Å². The van der Waals surface area contributed by atoms with Crippen LogP contribution in [-0.2, 0) is 9.53 Å². The topological polar surface area (TPSA) is 77.2 Å². The van der Waals surface area contributed by atoms with Gasteiger partial charge < -0.3 is 15.8 Å². The SMILES string of the molecule is COCCC(N)C(=O)Nc1cnc(Br)c(C)c1. The molecule has 17 heavy (non-hydrogen) atoms. The molecule has 94 valence electrons. The van der Waals surface area contributed by atoms with Gasteiger partial charge in [0.2, 0.25) is 5.91 Å². The van der Waals surface area contributed by atoms with Crippen molar-refractivity contribution in [3.05, 3.63) is 22.4 Å². The maximum absolute atomic E-state index is 11.7. The molecule has 3 N–H and O–H groups in total. The van der Waals surface area contributed by atoms with Crippen molar-refractivity contribution in [3.8, 4) is 0 Å². The molecule has 0 aliphatic carbocycles. The number of aryl methyl sites for hydroxylation is 1. The van der Waals surface area contributed by atoms with Gasteiger partial charge in [0.1, 0.15) is 4.60 Å². The number of nitrogens with two attached hydrogens (primary N) is 1. The molecule has 5 nitrogen and oxygen atoms in total. The molecule has 0 bridgehead atoms. The van der Waals surface area contributed by atoms with E-state index >= 15 is 0 Å². The summed E-state index contributed by atoms with van der Waals surface area (Å²) in [6.07, 6.45) is 2.07. The van der Waals surface area contributed by atoms with Gasteiger partial charge in [-0.15, -0.1) is 0 Å². The molecule has 0 radical (unpaired) electrons. The number of amides is 1. The first kappa shape index (κ1) is 14.1. The van der Waals surface area contributed by atoms with Gasteiger partial charge in [-0.05, 0) is 40.9 Å². The summed E-state index contributed by atoms with van der Waals surface area (Å²) in [5, 5.41) is 2.72. The van der Waals surface area contributed by atoms with E-state index in [1.165, 1.54) is 0 Å². The van der Waals surface area contributed by atoms with Crippen LogP contribution in [0.25, 0.3) is 0 Å². The fourth-order valence-corrected chi connectivity index (χ4v) is 1.45. The third kappa shape index (κ3) is 4.41. The van der Waals surface area contributed by atoms with Gasteiger partial charge in [0.15, 0.2) is 0 Å². The Labute approximate surface area is 109 Å². The number of carbonyl (C=O) groups excluding carboxylic acids is 1. The highest BCUT2D eigenvalue weighted by Gasteiger charge is 2.13. The lowest BCUT2D eigenvalue weighted by atomic mass is 10.2. The second-order valence-electron chi connectivity index (χ2n) is 3.71. The van der Waals surface area contributed by atoms with Crippen LogP contribution in [0.3, 0.4) is 0 Å². The minimum Gasteiger partial charge on any atom is -0.385 e. The fourth-order valence-electron chi connectivity index (χ4n) is 1.24. The average Bonchev–Trinajstić information content (AvgIpc) is 2.30. The van der Waals surface area contributed by atoms with Crippen LogP contribution in [0.15, 0.2) is 16.9 Å². The van der Waals surface area contributed by atoms with E-state index in [0.717, 1.165) is 10.2 Å². The zero-order valence-corrected chi connectivity index (χ0v) is 11.5. The summed E-state index contributed by atoms with van der Waals surface area (Å²) in [6.45, 7) is 2.36. The second-order valence-corrected chi connectivity index (χ2v) is 4.46. The van der Waals surface area contributed by atoms with Crippen molar-refractivity contribution in [3.63, 3.8) is 0 Å². The summed E-state index contributed by atoms with van der Waals surface area (Å²) in [4.78, 5) is 15.8. The molecule has 6 heteroatoms. The molecular formula is C11H16BrN3O2. The van der Waals surface area contributed by atoms with Gasteiger partial charge in [0, 0.05) is 13.7 Å². The van der Waals surface area contributed by atoms with E-state index in [-0.39, 0.29) is 5.91 Å². The van der Waals surface area contributed by atoms with Crippen molar-refractivity contribution in [1.29, 1.82) is 0 Å². The molecule has 0 saturated heterocycles. The first-order chi connectivity index (χ1) is 8.04. The normalized spacial score (nSPS) is 12.2. The van der Waals surface area contributed by atoms with Crippen LogP contribution in [-0.4, -0.2) is 30.6 Å². The number of pyridine rings is 1. The van der Waals surface area contributed by atoms with Crippen molar-refractivity contribution in [2.24, 2.45) is 5.73 Å². The van der Waals surface area contributed by atoms with Crippen LogP contribution < -0.4 is 11.1 Å². The molecule has 1 atom stereocenters. The Hall–Kier alpha value is -0.980. The lowest BCUT2D eigenvalue weighted by Gasteiger charge is -2.12. The first-order valence-corrected chi connectivity index (χ1v) is 6.01. The number of nitrogens with one attached hydrogen (secondary N) is 1. The van der Waals surface area contributed by atoms with E-state index in [0.29, 0.717) is 18.7 Å². The molecular weight excluding hydrogens is 286 g/mol. The predicted octanol–water partition coefficient (Wildman–Crippen LogP) is 1.45. The van der Waals surface area contributed by atoms with Gasteiger partial charge in [0.05, 0.1) is 17.9 Å². The van der Waals surface area contributed by atoms with Crippen molar-refractivity contribution in [2.45, 2.75) is 19.4 Å². The molecule has 0 aliphatic rings. The molecule has 0 spiro atoms. The van der Waals surface area contributed by atoms with Gasteiger partial charge in [-0.25, -0.2) is 4.98 Å². The van der Waals surface area contributed by atoms with Gasteiger partial charge in [0.25, 0.3) is 0 Å². The van der Waals surface area contributed by atoms with Gasteiger partial charge in [-0.1, -0.05) is 0 Å². The molecule has 0 fully saturated rings. The lowest BCUT2D eigenvalue weighted by molar-refractivity contribution is -0.117. The maximum Gasteiger partial charge on any atom is 0.241 e. The van der Waals surface area contributed by atoms with E-state index in [1.54, 1.807) is 13.3 Å². The number of nitrogens with zero attached hydrogens (tertiary/aromatic N) is 1. The smallest absolute Gasteiger partial charge is 0.241 e. The summed E-state index contributed by atoms with van der Waals surface area (Å²) in [5.74, 6) is -0.231. The third-order valence-corrected chi connectivity index (χ3v) is 3.08. The Morgan fingerprint density at radius 1 is 1.71 bits per heavy atom. The third-order valence-electron chi connectivity index (χ3n) is 2.25. The molecule has 1 heterocycles. The van der Waals surface area contributed by atoms with Crippen LogP contribution in [0.4, 0.5) is 5.69 Å². The maximum atomic E-state index is 11.7. The number of methoxy groups -OCH3 is 1. The van der Waals surface area contributed by atoms with Gasteiger partial charge in [-0.3, -0.25) is 4.79 Å². The molecule has 1 aromatic heterocycles. The Balaban J connectivity index is 2.58. The fraction of sp³-hybridized carbons (Fsp3) is 0.455. The highest BCUT2D eigenvalue weighted by atomic mass is 79.9. The number of anilines is 1. The van der Waals surface area contributed by atoms with E-state index < -0.39 is 6.04 Å². The molecule has 1 amide bonds. The summed E-state index contributed by atoms with van der Waals surface area (Å²) in [6, 6.07) is 1.26. The Morgan fingerprint density at radius 3 is 3.00 bits per heavy atom. The highest BCUT2D eigenvalue weighted by Crippen LogP contribution is 2.16. The van der Waals surface area contributed by atoms with E-state index in [9.17, 15) is 4.79 Å². The number of halogens is 1. The number of ether oxygens (including phenoxy) is 1. The number of hydrogen-bond donors (Lipinski definition) is 2. The number of hydrogen-bond acceptors (Lipinski definition) is 4. The Morgan fingerprint density at radius 2 is 2.41 bits per heavy atom. The molecule has 1 unspecified atom stereocenters. The quantitative estimate of drug-likeness (QED) is 0.807. The van der Waals surface area contributed by atoms with Crippen molar-refractivity contribution >= 4 is 27.5 Å². The Kier molecular flexibility index (Phi) is 5.54. The molecule has 0 aliphatic heterocycles. The van der Waals surface area contributed by atoms with Crippen LogP contribution in [0.1, 0.15) is 12.0 Å². The van der Waals surface area contributed by atoms with E-state index in [1.807, 2.05) is 13.0 Å². The summed E-state index contributed by atoms with van der Waals surface area (Å²) in [5.41, 5.74) is 7.29. The first-order valence-electron chi connectivity index (χ1n) is 5.22.